The second-order valence-corrected chi connectivity index (χ2v) is 9.28. The number of nitrogens with two attached hydrogens (primary N) is 2. The molecule has 1 aliphatic heterocycles. The summed E-state index contributed by atoms with van der Waals surface area (Å²) in [7, 11) is 0. The first-order valence-corrected chi connectivity index (χ1v) is 11.7. The summed E-state index contributed by atoms with van der Waals surface area (Å²) >= 11 is 0. The predicted molar refractivity (Wildman–Crippen MR) is 130 cm³/mol. The van der Waals surface area contributed by atoms with Gasteiger partial charge in [-0.2, -0.15) is 0 Å². The lowest BCUT2D eigenvalue weighted by Gasteiger charge is -2.27. The maximum Gasteiger partial charge on any atom is 0.234 e. The molecule has 0 bridgehead atoms. The Morgan fingerprint density at radius 3 is 2.49 bits per heavy atom. The van der Waals surface area contributed by atoms with Gasteiger partial charge in [-0.1, -0.05) is 32.0 Å². The molecule has 2 heterocycles. The number of ether oxygens (including phenoxy) is 1. The summed E-state index contributed by atoms with van der Waals surface area (Å²) in [6, 6.07) is 7.52. The van der Waals surface area contributed by atoms with Crippen LogP contribution in [0.2, 0.25) is 0 Å². The molecule has 0 radical (unpaired) electrons. The highest BCUT2D eigenvalue weighted by Crippen LogP contribution is 2.20. The molecule has 0 saturated carbocycles. The lowest BCUT2D eigenvalue weighted by atomic mass is 9.89. The number of hydrogen-bond acceptors (Lipinski definition) is 9. The zero-order valence-electron chi connectivity index (χ0n) is 20.2. The van der Waals surface area contributed by atoms with Crippen molar-refractivity contribution in [2.24, 2.45) is 17.4 Å². The molecule has 2 aromatic rings. The Morgan fingerprint density at radius 1 is 1.11 bits per heavy atom. The number of Topliss-reactive ketones (excluding diaryl/α,β-unsaturated/α-hetero) is 3. The topological polar surface area (TPSA) is 158 Å². The standard InChI is InChI=1S/C25H33N5O5/c1-16(2)13-19(29-22(33)15-30-9-11-35-12-10-30)20(31)14-21(32)25(26,27)24(34)18-7-3-5-17-6-4-8-28-23(17)18/h3-8,16,19H,9-15,26-27H2,1-2H3,(H,29,33)/t19-/m0/s1. The van der Waals surface area contributed by atoms with Crippen molar-refractivity contribution in [1.82, 2.24) is 15.2 Å². The third kappa shape index (κ3) is 6.76. The van der Waals surface area contributed by atoms with Crippen molar-refractivity contribution in [1.29, 1.82) is 0 Å². The fourth-order valence-corrected chi connectivity index (χ4v) is 4.01. The predicted octanol–water partition coefficient (Wildman–Crippen LogP) is 0.423. The van der Waals surface area contributed by atoms with E-state index in [4.69, 9.17) is 16.2 Å². The Hall–Kier alpha value is -3.05. The van der Waals surface area contributed by atoms with Gasteiger partial charge in [-0.05, 0) is 24.5 Å². The average Bonchev–Trinajstić information content (AvgIpc) is 2.83. The number of hydrogen-bond donors (Lipinski definition) is 3. The molecule has 0 aliphatic carbocycles. The summed E-state index contributed by atoms with van der Waals surface area (Å²) in [5.41, 5.74) is 10.0. The first-order chi connectivity index (χ1) is 16.6. The molecular weight excluding hydrogens is 450 g/mol. The van der Waals surface area contributed by atoms with E-state index in [2.05, 4.69) is 10.3 Å². The molecule has 35 heavy (non-hydrogen) atoms. The van der Waals surface area contributed by atoms with Gasteiger partial charge < -0.3 is 21.5 Å². The summed E-state index contributed by atoms with van der Waals surface area (Å²) in [5.74, 6) is -2.52. The van der Waals surface area contributed by atoms with E-state index < -0.39 is 35.5 Å². The van der Waals surface area contributed by atoms with E-state index in [1.165, 1.54) is 12.3 Å². The highest BCUT2D eigenvalue weighted by atomic mass is 16.5. The van der Waals surface area contributed by atoms with Crippen molar-refractivity contribution in [3.63, 3.8) is 0 Å². The molecule has 188 valence electrons. The SMILES string of the molecule is CC(C)C[C@H](NC(=O)CN1CCOCC1)C(=O)CC(=O)C(N)(N)C(=O)c1cccc2cccnc12. The van der Waals surface area contributed by atoms with Gasteiger partial charge in [0, 0.05) is 30.2 Å². The van der Waals surface area contributed by atoms with Gasteiger partial charge in [-0.3, -0.25) is 29.1 Å². The summed E-state index contributed by atoms with van der Waals surface area (Å²) in [4.78, 5) is 57.9. The van der Waals surface area contributed by atoms with Crippen LogP contribution in [0.3, 0.4) is 0 Å². The molecule has 1 amide bonds. The van der Waals surface area contributed by atoms with Crippen LogP contribution in [-0.4, -0.2) is 77.7 Å². The number of ketones is 3. The molecule has 10 heteroatoms. The van der Waals surface area contributed by atoms with E-state index in [1.54, 1.807) is 24.3 Å². The van der Waals surface area contributed by atoms with Crippen LogP contribution >= 0.6 is 0 Å². The normalized spacial score (nSPS) is 15.7. The molecule has 1 aliphatic rings. The van der Waals surface area contributed by atoms with Crippen LogP contribution in [0.25, 0.3) is 10.9 Å². The summed E-state index contributed by atoms with van der Waals surface area (Å²) in [5, 5.41) is 3.43. The first kappa shape index (κ1) is 26.6. The van der Waals surface area contributed by atoms with Crippen molar-refractivity contribution in [3.8, 4) is 0 Å². The molecule has 10 nitrogen and oxygen atoms in total. The second-order valence-electron chi connectivity index (χ2n) is 9.28. The van der Waals surface area contributed by atoms with Crippen LogP contribution in [0, 0.1) is 5.92 Å². The van der Waals surface area contributed by atoms with Crippen molar-refractivity contribution in [2.75, 3.05) is 32.8 Å². The molecule has 3 rings (SSSR count). The molecule has 5 N–H and O–H groups in total. The smallest absolute Gasteiger partial charge is 0.234 e. The van der Waals surface area contributed by atoms with Crippen LogP contribution in [0.5, 0.6) is 0 Å². The van der Waals surface area contributed by atoms with Gasteiger partial charge in [0.2, 0.25) is 11.7 Å². The number of amides is 1. The summed E-state index contributed by atoms with van der Waals surface area (Å²) in [6.45, 7) is 6.29. The van der Waals surface area contributed by atoms with Gasteiger partial charge in [0.25, 0.3) is 0 Å². The Labute approximate surface area is 204 Å². The van der Waals surface area contributed by atoms with E-state index in [0.717, 1.165) is 0 Å². The first-order valence-electron chi connectivity index (χ1n) is 11.7. The van der Waals surface area contributed by atoms with Crippen molar-refractivity contribution in [3.05, 3.63) is 42.1 Å². The monoisotopic (exact) mass is 483 g/mol. The van der Waals surface area contributed by atoms with Gasteiger partial charge >= 0.3 is 0 Å². The Morgan fingerprint density at radius 2 is 1.80 bits per heavy atom. The minimum absolute atomic E-state index is 0.0756. The van der Waals surface area contributed by atoms with Crippen molar-refractivity contribution in [2.45, 2.75) is 38.4 Å². The molecule has 0 unspecified atom stereocenters. The highest BCUT2D eigenvalue weighted by Gasteiger charge is 2.40. The number of morpholine rings is 1. The Kier molecular flexibility index (Phi) is 8.79. The van der Waals surface area contributed by atoms with Gasteiger partial charge in [-0.25, -0.2) is 0 Å². The third-order valence-corrected chi connectivity index (χ3v) is 5.95. The van der Waals surface area contributed by atoms with Gasteiger partial charge in [0.05, 0.1) is 37.7 Å². The van der Waals surface area contributed by atoms with Gasteiger partial charge in [0.1, 0.15) is 0 Å². The van der Waals surface area contributed by atoms with Crippen LogP contribution in [0.15, 0.2) is 36.5 Å². The number of nitrogens with zero attached hydrogens (tertiary/aromatic N) is 2. The zero-order chi connectivity index (χ0) is 25.6. The van der Waals surface area contributed by atoms with E-state index in [9.17, 15) is 19.2 Å². The second kappa shape index (κ2) is 11.6. The summed E-state index contributed by atoms with van der Waals surface area (Å²) in [6.07, 6.45) is 1.19. The molecule has 1 atom stereocenters. The molecule has 1 aromatic carbocycles. The molecule has 1 fully saturated rings. The maximum atomic E-state index is 13.1. The number of benzene rings is 1. The largest absolute Gasteiger partial charge is 0.379 e. The minimum Gasteiger partial charge on any atom is -0.379 e. The number of nitrogens with one attached hydrogen (secondary N) is 1. The minimum atomic E-state index is -2.42. The number of fused-ring (bicyclic) bond motifs is 1. The quantitative estimate of drug-likeness (QED) is 0.234. The van der Waals surface area contributed by atoms with Gasteiger partial charge in [0.15, 0.2) is 17.2 Å². The number of para-hydroxylation sites is 1. The van der Waals surface area contributed by atoms with Crippen molar-refractivity contribution < 1.29 is 23.9 Å². The summed E-state index contributed by atoms with van der Waals surface area (Å²) < 4.78 is 5.28. The molecular formula is C25H33N5O5. The molecule has 1 saturated heterocycles. The zero-order valence-corrected chi connectivity index (χ0v) is 20.2. The lowest BCUT2D eigenvalue weighted by molar-refractivity contribution is -0.133. The van der Waals surface area contributed by atoms with Crippen LogP contribution in [-0.2, 0) is 19.1 Å². The third-order valence-electron chi connectivity index (χ3n) is 5.95. The fraction of sp³-hybridized carbons (Fsp3) is 0.480. The van der Waals surface area contributed by atoms with E-state index in [1.807, 2.05) is 18.7 Å². The van der Waals surface area contributed by atoms with Crippen LogP contribution in [0.1, 0.15) is 37.0 Å². The van der Waals surface area contributed by atoms with Gasteiger partial charge in [-0.15, -0.1) is 0 Å². The number of carbonyl (C=O) groups excluding carboxylic acids is 4. The maximum absolute atomic E-state index is 13.1. The number of pyridine rings is 1. The number of rotatable bonds is 11. The Balaban J connectivity index is 1.70. The molecule has 0 spiro atoms. The van der Waals surface area contributed by atoms with Crippen LogP contribution in [0.4, 0.5) is 0 Å². The van der Waals surface area contributed by atoms with Crippen molar-refractivity contribution >= 4 is 34.2 Å². The fourth-order valence-electron chi connectivity index (χ4n) is 4.01. The molecule has 1 aromatic heterocycles. The van der Waals surface area contributed by atoms with Crippen LogP contribution < -0.4 is 16.8 Å². The average molecular weight is 484 g/mol. The van der Waals surface area contributed by atoms with E-state index >= 15 is 0 Å². The van der Waals surface area contributed by atoms with E-state index in [0.29, 0.717) is 43.6 Å². The highest BCUT2D eigenvalue weighted by molar-refractivity contribution is 6.24. The van der Waals surface area contributed by atoms with E-state index in [-0.39, 0.29) is 23.9 Å². The lowest BCUT2D eigenvalue weighted by Crippen LogP contribution is -2.63. The number of carbonyl (C=O) groups is 4. The number of aromatic nitrogens is 1. The Bertz CT molecular complexity index is 1090.